The first-order valence-corrected chi connectivity index (χ1v) is 7.49. The first-order chi connectivity index (χ1) is 11.9. The molecule has 0 spiro atoms. The first kappa shape index (κ1) is 18.6. The van der Waals surface area contributed by atoms with Crippen LogP contribution in [-0.2, 0) is 0 Å². The van der Waals surface area contributed by atoms with Crippen LogP contribution in [0.5, 0.6) is 5.75 Å². The third-order valence-corrected chi connectivity index (χ3v) is 3.38. The number of anilines is 2. The lowest BCUT2D eigenvalue weighted by Crippen LogP contribution is -2.19. The highest BCUT2D eigenvalue weighted by Crippen LogP contribution is 2.31. The summed E-state index contributed by atoms with van der Waals surface area (Å²) in [7, 11) is 0. The van der Waals surface area contributed by atoms with Crippen molar-refractivity contribution in [3.8, 4) is 5.75 Å². The Bertz CT molecular complexity index is 755. The topological polar surface area (TPSA) is 105 Å². The summed E-state index contributed by atoms with van der Waals surface area (Å²) < 4.78 is 33.0. The van der Waals surface area contributed by atoms with E-state index < -0.39 is 30.3 Å². The fourth-order valence-corrected chi connectivity index (χ4v) is 2.15. The number of aliphatic hydroxyl groups is 2. The van der Waals surface area contributed by atoms with Crippen molar-refractivity contribution in [2.45, 2.75) is 12.5 Å². The van der Waals surface area contributed by atoms with Gasteiger partial charge in [0.25, 0.3) is 5.91 Å². The average molecular weight is 352 g/mol. The van der Waals surface area contributed by atoms with Gasteiger partial charge in [0.05, 0.1) is 30.7 Å². The average Bonchev–Trinajstić information content (AvgIpc) is 2.56. The van der Waals surface area contributed by atoms with Crippen molar-refractivity contribution in [2.24, 2.45) is 5.73 Å². The summed E-state index contributed by atoms with van der Waals surface area (Å²) in [6, 6.07) is 7.66. The van der Waals surface area contributed by atoms with Crippen molar-refractivity contribution in [3.63, 3.8) is 0 Å². The number of benzene rings is 2. The molecular formula is C17H18F2N2O4. The third kappa shape index (κ3) is 4.88. The summed E-state index contributed by atoms with van der Waals surface area (Å²) in [6.45, 7) is -0.528. The molecule has 1 atom stereocenters. The molecule has 0 radical (unpaired) electrons. The molecule has 0 bridgehead atoms. The lowest BCUT2D eigenvalue weighted by Gasteiger charge is -2.16. The van der Waals surface area contributed by atoms with Crippen molar-refractivity contribution in [2.75, 3.05) is 18.5 Å². The molecule has 0 heterocycles. The number of halogens is 2. The van der Waals surface area contributed by atoms with Gasteiger partial charge < -0.3 is 26.0 Å². The second kappa shape index (κ2) is 8.41. The Labute approximate surface area is 142 Å². The maximum Gasteiger partial charge on any atom is 0.254 e. The summed E-state index contributed by atoms with van der Waals surface area (Å²) in [5.41, 5.74) is 5.19. The maximum atomic E-state index is 13.9. The zero-order valence-corrected chi connectivity index (χ0v) is 13.2. The summed E-state index contributed by atoms with van der Waals surface area (Å²) in [5.74, 6) is -2.34. The smallest absolute Gasteiger partial charge is 0.254 e. The molecule has 25 heavy (non-hydrogen) atoms. The van der Waals surface area contributed by atoms with Crippen LogP contribution in [0.4, 0.5) is 20.2 Å². The number of carbonyl (C=O) groups is 1. The monoisotopic (exact) mass is 352 g/mol. The molecule has 0 saturated carbocycles. The maximum absolute atomic E-state index is 13.9. The quantitative estimate of drug-likeness (QED) is 0.581. The molecule has 2 aromatic carbocycles. The molecule has 0 unspecified atom stereocenters. The summed E-state index contributed by atoms with van der Waals surface area (Å²) >= 11 is 0. The predicted octanol–water partition coefficient (Wildman–Crippen LogP) is 1.93. The minimum absolute atomic E-state index is 0.0391. The minimum atomic E-state index is -0.999. The second-order valence-corrected chi connectivity index (χ2v) is 5.27. The van der Waals surface area contributed by atoms with Crippen LogP contribution < -0.4 is 15.8 Å². The molecule has 2 aromatic rings. The van der Waals surface area contributed by atoms with E-state index in [4.69, 9.17) is 15.6 Å². The number of aliphatic hydroxyl groups excluding tert-OH is 2. The van der Waals surface area contributed by atoms with E-state index in [1.807, 2.05) is 0 Å². The number of nitrogens with one attached hydrogen (secondary N) is 1. The number of ether oxygens (including phenoxy) is 1. The van der Waals surface area contributed by atoms with Crippen molar-refractivity contribution in [1.82, 2.24) is 0 Å². The van der Waals surface area contributed by atoms with Crippen LogP contribution in [0, 0.1) is 11.6 Å². The minimum Gasteiger partial charge on any atom is -0.492 e. The number of hydrogen-bond acceptors (Lipinski definition) is 5. The molecule has 1 amide bonds. The molecule has 0 aliphatic carbocycles. The van der Waals surface area contributed by atoms with Gasteiger partial charge in [-0.25, -0.2) is 8.78 Å². The van der Waals surface area contributed by atoms with Gasteiger partial charge in [-0.2, -0.15) is 0 Å². The highest BCUT2D eigenvalue weighted by atomic mass is 19.1. The Morgan fingerprint density at radius 2 is 1.96 bits per heavy atom. The van der Waals surface area contributed by atoms with Crippen molar-refractivity contribution < 1.29 is 28.5 Å². The Balaban J connectivity index is 2.32. The van der Waals surface area contributed by atoms with Gasteiger partial charge in [0.15, 0.2) is 0 Å². The van der Waals surface area contributed by atoms with E-state index in [9.17, 15) is 18.7 Å². The molecular weight excluding hydrogens is 334 g/mol. The van der Waals surface area contributed by atoms with Crippen molar-refractivity contribution >= 4 is 17.3 Å². The molecule has 2 rings (SSSR count). The van der Waals surface area contributed by atoms with Crippen LogP contribution in [-0.4, -0.2) is 35.4 Å². The standard InChI is InChI=1S/C17H18F2N2O4/c18-10-7-14(21-13-4-2-1-3-12(13)19)16(17(20)24)15(8-10)25-6-5-11(23)9-22/h1-4,7-8,11,21-23H,5-6,9H2,(H2,20,24)/t11-/m1/s1. The van der Waals surface area contributed by atoms with Gasteiger partial charge in [0, 0.05) is 12.5 Å². The number of amides is 1. The Morgan fingerprint density at radius 1 is 1.24 bits per heavy atom. The Kier molecular flexibility index (Phi) is 6.26. The summed E-state index contributed by atoms with van der Waals surface area (Å²) in [5, 5.41) is 20.7. The highest BCUT2D eigenvalue weighted by molar-refractivity contribution is 6.02. The van der Waals surface area contributed by atoms with Gasteiger partial charge in [-0.1, -0.05) is 12.1 Å². The number of primary amides is 1. The van der Waals surface area contributed by atoms with Gasteiger partial charge >= 0.3 is 0 Å². The molecule has 0 saturated heterocycles. The van der Waals surface area contributed by atoms with Gasteiger partial charge in [0.1, 0.15) is 22.9 Å². The lowest BCUT2D eigenvalue weighted by atomic mass is 10.1. The molecule has 0 aromatic heterocycles. The van der Waals surface area contributed by atoms with E-state index in [0.717, 1.165) is 12.1 Å². The number of nitrogens with two attached hydrogens (primary N) is 1. The van der Waals surface area contributed by atoms with E-state index in [1.165, 1.54) is 18.2 Å². The molecule has 5 N–H and O–H groups in total. The summed E-state index contributed by atoms with van der Waals surface area (Å²) in [6.07, 6.45) is -0.928. The van der Waals surface area contributed by atoms with Crippen LogP contribution >= 0.6 is 0 Å². The zero-order chi connectivity index (χ0) is 18.4. The van der Waals surface area contributed by atoms with Crippen molar-refractivity contribution in [1.29, 1.82) is 0 Å². The lowest BCUT2D eigenvalue weighted by molar-refractivity contribution is 0.0751. The molecule has 134 valence electrons. The van der Waals surface area contributed by atoms with Crippen LogP contribution in [0.2, 0.25) is 0 Å². The Morgan fingerprint density at radius 3 is 2.60 bits per heavy atom. The van der Waals surface area contributed by atoms with Crippen LogP contribution in [0.1, 0.15) is 16.8 Å². The van der Waals surface area contributed by atoms with Gasteiger partial charge in [0.2, 0.25) is 0 Å². The number of carbonyl (C=O) groups excluding carboxylic acids is 1. The fourth-order valence-electron chi connectivity index (χ4n) is 2.15. The molecule has 6 nitrogen and oxygen atoms in total. The first-order valence-electron chi connectivity index (χ1n) is 7.49. The van der Waals surface area contributed by atoms with E-state index in [-0.39, 0.29) is 35.7 Å². The van der Waals surface area contributed by atoms with Crippen LogP contribution in [0.25, 0.3) is 0 Å². The molecule has 0 aliphatic heterocycles. The predicted molar refractivity (Wildman–Crippen MR) is 87.8 cm³/mol. The SMILES string of the molecule is NC(=O)c1c(Nc2ccccc2F)cc(F)cc1OCC[C@@H](O)CO. The summed E-state index contributed by atoms with van der Waals surface area (Å²) in [4.78, 5) is 11.8. The zero-order valence-electron chi connectivity index (χ0n) is 13.2. The number of para-hydroxylation sites is 1. The molecule has 0 fully saturated rings. The fraction of sp³-hybridized carbons (Fsp3) is 0.235. The van der Waals surface area contributed by atoms with Crippen molar-refractivity contribution in [3.05, 3.63) is 53.6 Å². The van der Waals surface area contributed by atoms with Gasteiger partial charge in [-0.3, -0.25) is 4.79 Å². The number of rotatable bonds is 8. The molecule has 0 aliphatic rings. The Hall–Kier alpha value is -2.71. The van der Waals surface area contributed by atoms with Crippen LogP contribution in [0.3, 0.4) is 0 Å². The van der Waals surface area contributed by atoms with Gasteiger partial charge in [-0.05, 0) is 18.2 Å². The van der Waals surface area contributed by atoms with E-state index in [2.05, 4.69) is 5.32 Å². The van der Waals surface area contributed by atoms with E-state index in [1.54, 1.807) is 6.07 Å². The molecule has 8 heteroatoms. The van der Waals surface area contributed by atoms with E-state index >= 15 is 0 Å². The number of hydrogen-bond donors (Lipinski definition) is 4. The second-order valence-electron chi connectivity index (χ2n) is 5.27. The normalized spacial score (nSPS) is 11.8. The van der Waals surface area contributed by atoms with E-state index in [0.29, 0.717) is 0 Å². The largest absolute Gasteiger partial charge is 0.492 e. The van der Waals surface area contributed by atoms with Crippen LogP contribution in [0.15, 0.2) is 36.4 Å². The van der Waals surface area contributed by atoms with Gasteiger partial charge in [-0.15, -0.1) is 0 Å². The highest BCUT2D eigenvalue weighted by Gasteiger charge is 2.19. The third-order valence-electron chi connectivity index (χ3n) is 3.38.